The lowest BCUT2D eigenvalue weighted by Gasteiger charge is -2.28. The highest BCUT2D eigenvalue weighted by Gasteiger charge is 2.24. The Morgan fingerprint density at radius 1 is 1.16 bits per heavy atom. The van der Waals surface area contributed by atoms with Crippen molar-refractivity contribution < 1.29 is 24.5 Å². The Hall–Kier alpha value is -2.93. The highest BCUT2D eigenvalue weighted by Crippen LogP contribution is 2.37. The van der Waals surface area contributed by atoms with Crippen LogP contribution in [0.5, 0.6) is 5.88 Å². The van der Waals surface area contributed by atoms with E-state index in [9.17, 15) is 14.7 Å². The molecule has 0 atom stereocenters. The zero-order valence-electron chi connectivity index (χ0n) is 17.5. The number of nitrogens with zero attached hydrogens (tertiary/aromatic N) is 2. The molecule has 0 unspecified atom stereocenters. The number of methoxy groups -OCH3 is 1. The van der Waals surface area contributed by atoms with E-state index in [4.69, 9.17) is 21.4 Å². The Bertz CT molecular complexity index is 973. The van der Waals surface area contributed by atoms with Gasteiger partial charge in [-0.05, 0) is 61.6 Å². The van der Waals surface area contributed by atoms with E-state index in [0.29, 0.717) is 17.3 Å². The van der Waals surface area contributed by atoms with Gasteiger partial charge < -0.3 is 14.9 Å². The number of rotatable bonds is 6. The van der Waals surface area contributed by atoms with Crippen molar-refractivity contribution in [2.45, 2.75) is 44.9 Å². The maximum absolute atomic E-state index is 12.4. The zero-order valence-corrected chi connectivity index (χ0v) is 18.2. The second-order valence-electron chi connectivity index (χ2n) is 7.79. The number of hydrogen-bond donors (Lipinski definition) is 2. The van der Waals surface area contributed by atoms with Crippen LogP contribution in [-0.4, -0.2) is 39.2 Å². The van der Waals surface area contributed by atoms with Crippen LogP contribution in [0.25, 0.3) is 11.6 Å². The molecule has 0 saturated heterocycles. The third-order valence-corrected chi connectivity index (χ3v) is 5.98. The molecule has 7 nitrogen and oxygen atoms in total. The van der Waals surface area contributed by atoms with Crippen molar-refractivity contribution in [3.63, 3.8) is 0 Å². The minimum absolute atomic E-state index is 0.0427. The maximum atomic E-state index is 12.4. The molecule has 8 heteroatoms. The lowest BCUT2D eigenvalue weighted by molar-refractivity contribution is -0.138. The monoisotopic (exact) mass is 444 g/mol. The number of ether oxygens (including phenoxy) is 1. The van der Waals surface area contributed by atoms with Crippen molar-refractivity contribution >= 4 is 35.2 Å². The molecule has 1 aromatic heterocycles. The summed E-state index contributed by atoms with van der Waals surface area (Å²) in [5.41, 5.74) is 2.14. The summed E-state index contributed by atoms with van der Waals surface area (Å²) in [5, 5.41) is 19.2. The number of halogens is 1. The number of carbonyl (C=O) groups excluding carboxylic acids is 1. The highest BCUT2D eigenvalue weighted by atomic mass is 35.5. The second kappa shape index (κ2) is 9.92. The molecule has 1 heterocycles. The Kier molecular flexibility index (Phi) is 7.28. The number of esters is 1. The minimum atomic E-state index is -0.736. The van der Waals surface area contributed by atoms with Gasteiger partial charge in [-0.1, -0.05) is 35.9 Å². The number of carbonyl (C=O) groups is 2. The second-order valence-corrected chi connectivity index (χ2v) is 8.14. The molecule has 0 spiro atoms. The van der Waals surface area contributed by atoms with E-state index >= 15 is 0 Å². The molecular formula is C23H25ClN2O5. The van der Waals surface area contributed by atoms with E-state index in [1.165, 1.54) is 13.2 Å². The van der Waals surface area contributed by atoms with E-state index in [1.54, 1.807) is 6.92 Å². The zero-order chi connectivity index (χ0) is 22.5. The summed E-state index contributed by atoms with van der Waals surface area (Å²) in [7, 11) is 1.28. The predicted molar refractivity (Wildman–Crippen MR) is 117 cm³/mol. The van der Waals surface area contributed by atoms with Gasteiger partial charge in [-0.2, -0.15) is 4.98 Å². The standard InChI is InChI=1S/C23H25ClN2O5/c1-13-25-21(24)19(22(29)26-13)12-18(23(30)31-2)17-9-7-16(8-10-17)15-5-3-14(4-6-15)11-20(27)28/h7-10,12,14-15H,3-6,11H2,1-2H3,(H,27,28)(H,25,26,29)/b18-12-/t14-,15-. The van der Waals surface area contributed by atoms with E-state index in [2.05, 4.69) is 9.97 Å². The molecule has 1 saturated carbocycles. The van der Waals surface area contributed by atoms with E-state index in [-0.39, 0.29) is 34.5 Å². The topological polar surface area (TPSA) is 110 Å². The van der Waals surface area contributed by atoms with Gasteiger partial charge in [-0.15, -0.1) is 0 Å². The summed E-state index contributed by atoms with van der Waals surface area (Å²) >= 11 is 6.14. The van der Waals surface area contributed by atoms with Gasteiger partial charge in [-0.25, -0.2) is 9.78 Å². The van der Waals surface area contributed by atoms with Gasteiger partial charge in [0.15, 0.2) is 0 Å². The van der Waals surface area contributed by atoms with Gasteiger partial charge in [0, 0.05) is 6.42 Å². The normalized spacial score (nSPS) is 19.1. The van der Waals surface area contributed by atoms with Crippen molar-refractivity contribution in [2.75, 3.05) is 7.11 Å². The van der Waals surface area contributed by atoms with Crippen LogP contribution in [-0.2, 0) is 14.3 Å². The molecule has 3 rings (SSSR count). The molecule has 0 radical (unpaired) electrons. The molecule has 164 valence electrons. The molecule has 2 aromatic rings. The molecule has 0 aliphatic heterocycles. The third-order valence-electron chi connectivity index (χ3n) is 5.69. The number of aliphatic carboxylic acids is 1. The van der Waals surface area contributed by atoms with Gasteiger partial charge in [0.1, 0.15) is 11.0 Å². The first-order valence-corrected chi connectivity index (χ1v) is 10.5. The van der Waals surface area contributed by atoms with Crippen LogP contribution >= 0.6 is 11.6 Å². The van der Waals surface area contributed by atoms with Gasteiger partial charge in [0.25, 0.3) is 0 Å². The average molecular weight is 445 g/mol. The van der Waals surface area contributed by atoms with E-state index in [0.717, 1.165) is 31.2 Å². The molecule has 0 bridgehead atoms. The van der Waals surface area contributed by atoms with Crippen molar-refractivity contribution in [2.24, 2.45) is 5.92 Å². The van der Waals surface area contributed by atoms with Crippen molar-refractivity contribution in [3.05, 3.63) is 51.9 Å². The fourth-order valence-electron chi connectivity index (χ4n) is 4.05. The quantitative estimate of drug-likeness (QED) is 0.380. The molecule has 1 aliphatic rings. The van der Waals surface area contributed by atoms with E-state index < -0.39 is 11.9 Å². The maximum Gasteiger partial charge on any atom is 0.338 e. The number of carboxylic acid groups (broad SMARTS) is 1. The number of aromatic hydroxyl groups is 1. The third kappa shape index (κ3) is 5.61. The van der Waals surface area contributed by atoms with Gasteiger partial charge in [0.05, 0.1) is 18.2 Å². The van der Waals surface area contributed by atoms with Crippen LogP contribution < -0.4 is 0 Å². The fourth-order valence-corrected chi connectivity index (χ4v) is 4.31. The van der Waals surface area contributed by atoms with Crippen LogP contribution in [0.4, 0.5) is 0 Å². The smallest absolute Gasteiger partial charge is 0.338 e. The first-order chi connectivity index (χ1) is 14.8. The fraction of sp³-hybridized carbons (Fsp3) is 0.391. The lowest BCUT2D eigenvalue weighted by atomic mass is 9.77. The molecule has 0 amide bonds. The molecular weight excluding hydrogens is 420 g/mol. The van der Waals surface area contributed by atoms with Gasteiger partial charge in [0.2, 0.25) is 5.88 Å². The average Bonchev–Trinajstić information content (AvgIpc) is 2.73. The van der Waals surface area contributed by atoms with Crippen molar-refractivity contribution in [1.82, 2.24) is 9.97 Å². The Labute approximate surface area is 185 Å². The summed E-state index contributed by atoms with van der Waals surface area (Å²) in [4.78, 5) is 31.2. The summed E-state index contributed by atoms with van der Waals surface area (Å²) in [6.07, 6.45) is 5.35. The largest absolute Gasteiger partial charge is 0.493 e. The molecule has 1 fully saturated rings. The number of aryl methyl sites for hydroxylation is 1. The van der Waals surface area contributed by atoms with E-state index in [1.807, 2.05) is 24.3 Å². The molecule has 2 N–H and O–H groups in total. The Morgan fingerprint density at radius 2 is 1.81 bits per heavy atom. The Morgan fingerprint density at radius 3 is 2.35 bits per heavy atom. The minimum Gasteiger partial charge on any atom is -0.493 e. The summed E-state index contributed by atoms with van der Waals surface area (Å²) < 4.78 is 4.91. The first kappa shape index (κ1) is 22.7. The van der Waals surface area contributed by atoms with Crippen LogP contribution in [0.1, 0.15) is 60.5 Å². The lowest BCUT2D eigenvalue weighted by Crippen LogP contribution is -2.16. The van der Waals surface area contributed by atoms with Gasteiger partial charge >= 0.3 is 11.9 Å². The number of carboxylic acids is 1. The van der Waals surface area contributed by atoms with Crippen molar-refractivity contribution in [3.8, 4) is 5.88 Å². The SMILES string of the molecule is COC(=O)/C(=C\c1c(O)nc(C)nc1Cl)c1ccc([C@H]2CC[C@H](CC(=O)O)CC2)cc1. The Balaban J connectivity index is 1.83. The van der Waals surface area contributed by atoms with Crippen LogP contribution in [0.2, 0.25) is 5.15 Å². The predicted octanol–water partition coefficient (Wildman–Crippen LogP) is 4.61. The summed E-state index contributed by atoms with van der Waals surface area (Å²) in [6, 6.07) is 7.62. The number of aromatic nitrogens is 2. The van der Waals surface area contributed by atoms with Gasteiger partial charge in [-0.3, -0.25) is 4.79 Å². The highest BCUT2D eigenvalue weighted by molar-refractivity contribution is 6.32. The number of benzene rings is 1. The number of hydrogen-bond acceptors (Lipinski definition) is 6. The summed E-state index contributed by atoms with van der Waals surface area (Å²) in [6.45, 7) is 1.61. The molecule has 31 heavy (non-hydrogen) atoms. The van der Waals surface area contributed by atoms with Crippen molar-refractivity contribution in [1.29, 1.82) is 0 Å². The first-order valence-electron chi connectivity index (χ1n) is 10.1. The summed E-state index contributed by atoms with van der Waals surface area (Å²) in [5.74, 6) is -0.682. The molecule has 1 aromatic carbocycles. The van der Waals surface area contributed by atoms with Crippen LogP contribution in [0.3, 0.4) is 0 Å². The molecule has 1 aliphatic carbocycles. The van der Waals surface area contributed by atoms with Crippen LogP contribution in [0.15, 0.2) is 24.3 Å². The van der Waals surface area contributed by atoms with Crippen LogP contribution in [0, 0.1) is 12.8 Å².